The third kappa shape index (κ3) is 5.44. The summed E-state index contributed by atoms with van der Waals surface area (Å²) in [5, 5.41) is 58.8. The molecule has 3 aliphatic rings. The van der Waals surface area contributed by atoms with Gasteiger partial charge < -0.3 is 40.1 Å². The Kier molecular flexibility index (Phi) is 9.36. The average Bonchev–Trinajstić information content (AvgIpc) is 2.80. The maximum atomic E-state index is 10.4. The molecule has 1 heterocycles. The first kappa shape index (κ1) is 27.7. The summed E-state index contributed by atoms with van der Waals surface area (Å²) >= 11 is 0. The molecule has 3 fully saturated rings. The Hall–Kier alpha value is -0.840. The molecule has 2 saturated carbocycles. The van der Waals surface area contributed by atoms with Crippen molar-refractivity contribution in [3.8, 4) is 0 Å². The fraction of sp³-hybridized carbons (Fsp3) is 0.846. The van der Waals surface area contributed by atoms with Crippen molar-refractivity contribution in [1.82, 2.24) is 0 Å². The normalized spacial score (nSPS) is 43.6. The molecule has 6 N–H and O–H groups in total. The first-order valence-electron chi connectivity index (χ1n) is 12.6. The van der Waals surface area contributed by atoms with E-state index in [-0.39, 0.29) is 24.0 Å². The largest absolute Gasteiger partial charge is 0.394 e. The molecule has 0 bridgehead atoms. The lowest BCUT2D eigenvalue weighted by molar-refractivity contribution is -0.309. The third-order valence-corrected chi connectivity index (χ3v) is 8.91. The molecule has 9 atom stereocenters. The summed E-state index contributed by atoms with van der Waals surface area (Å²) in [5.74, 6) is 0.653. The molecule has 8 heteroatoms. The van der Waals surface area contributed by atoms with Crippen LogP contribution in [0.3, 0.4) is 0 Å². The van der Waals surface area contributed by atoms with E-state index in [0.717, 1.165) is 50.5 Å². The summed E-state index contributed by atoms with van der Waals surface area (Å²) in [4.78, 5) is 0. The highest BCUT2D eigenvalue weighted by atomic mass is 16.7. The fourth-order valence-corrected chi connectivity index (χ4v) is 6.97. The van der Waals surface area contributed by atoms with Crippen molar-refractivity contribution in [2.75, 3.05) is 26.4 Å². The molecule has 2 aliphatic carbocycles. The Bertz CT molecular complexity index is 724. The minimum Gasteiger partial charge on any atom is -0.394 e. The van der Waals surface area contributed by atoms with Gasteiger partial charge in [-0.15, -0.1) is 0 Å². The summed E-state index contributed by atoms with van der Waals surface area (Å²) in [7, 11) is 0. The predicted octanol–water partition coefficient (Wildman–Crippen LogP) is 1.27. The number of allylic oxidation sites excluding steroid dienone is 1. The van der Waals surface area contributed by atoms with E-state index in [4.69, 9.17) is 9.47 Å². The average molecular weight is 485 g/mol. The van der Waals surface area contributed by atoms with Gasteiger partial charge in [0.05, 0.1) is 26.4 Å². The maximum Gasteiger partial charge on any atom is 0.186 e. The zero-order valence-electron chi connectivity index (χ0n) is 20.6. The minimum atomic E-state index is -1.45. The van der Waals surface area contributed by atoms with E-state index in [1.807, 2.05) is 0 Å². The van der Waals surface area contributed by atoms with Gasteiger partial charge in [-0.05, 0) is 66.8 Å². The number of hydrogen-bond donors (Lipinski definition) is 6. The van der Waals surface area contributed by atoms with E-state index in [9.17, 15) is 30.6 Å². The van der Waals surface area contributed by atoms with Crippen molar-refractivity contribution >= 4 is 0 Å². The molecule has 0 amide bonds. The molecule has 8 nitrogen and oxygen atoms in total. The van der Waals surface area contributed by atoms with Crippen LogP contribution in [0.2, 0.25) is 0 Å². The topological polar surface area (TPSA) is 140 Å². The van der Waals surface area contributed by atoms with Gasteiger partial charge in [0.25, 0.3) is 0 Å². The van der Waals surface area contributed by atoms with Crippen LogP contribution >= 0.6 is 0 Å². The van der Waals surface area contributed by atoms with Crippen LogP contribution in [-0.4, -0.2) is 87.8 Å². The lowest BCUT2D eigenvalue weighted by Gasteiger charge is -2.59. The molecule has 0 radical (unpaired) electrons. The van der Waals surface area contributed by atoms with Crippen molar-refractivity contribution in [1.29, 1.82) is 0 Å². The molecule has 1 saturated heterocycles. The number of fused-ring (bicyclic) bond motifs is 1. The smallest absolute Gasteiger partial charge is 0.186 e. The van der Waals surface area contributed by atoms with E-state index in [1.54, 1.807) is 6.08 Å². The second-order valence-corrected chi connectivity index (χ2v) is 11.1. The van der Waals surface area contributed by atoms with E-state index >= 15 is 0 Å². The molecule has 196 valence electrons. The van der Waals surface area contributed by atoms with Crippen LogP contribution in [0.5, 0.6) is 0 Å². The summed E-state index contributed by atoms with van der Waals surface area (Å²) < 4.78 is 11.6. The molecule has 0 spiro atoms. The van der Waals surface area contributed by atoms with Crippen molar-refractivity contribution in [2.45, 2.75) is 89.5 Å². The molecule has 1 aliphatic heterocycles. The Morgan fingerprint density at radius 2 is 1.85 bits per heavy atom. The van der Waals surface area contributed by atoms with E-state index in [2.05, 4.69) is 20.4 Å². The van der Waals surface area contributed by atoms with Gasteiger partial charge in [0, 0.05) is 0 Å². The number of rotatable bonds is 9. The number of aliphatic hydroxyl groups is 6. The predicted molar refractivity (Wildman–Crippen MR) is 127 cm³/mol. The fourth-order valence-electron chi connectivity index (χ4n) is 6.97. The number of aliphatic hydroxyl groups excluding tert-OH is 6. The minimum absolute atomic E-state index is 0.0147. The summed E-state index contributed by atoms with van der Waals surface area (Å²) in [5.41, 5.74) is 1.94. The molecule has 3 rings (SSSR count). The summed E-state index contributed by atoms with van der Waals surface area (Å²) in [6, 6.07) is 0. The van der Waals surface area contributed by atoms with E-state index < -0.39 is 37.3 Å². The molecular formula is C26H44O8. The second kappa shape index (κ2) is 11.5. The molecule has 0 unspecified atom stereocenters. The Morgan fingerprint density at radius 3 is 2.50 bits per heavy atom. The zero-order valence-corrected chi connectivity index (χ0v) is 20.6. The van der Waals surface area contributed by atoms with Gasteiger partial charge in [-0.3, -0.25) is 0 Å². The van der Waals surface area contributed by atoms with Gasteiger partial charge in [0.2, 0.25) is 0 Å². The van der Waals surface area contributed by atoms with E-state index in [0.29, 0.717) is 18.4 Å². The Labute approximate surface area is 202 Å². The first-order valence-corrected chi connectivity index (χ1v) is 12.6. The van der Waals surface area contributed by atoms with Crippen LogP contribution in [0.4, 0.5) is 0 Å². The van der Waals surface area contributed by atoms with Gasteiger partial charge in [0.1, 0.15) is 24.4 Å². The molecular weight excluding hydrogens is 440 g/mol. The van der Waals surface area contributed by atoms with Crippen molar-refractivity contribution in [2.24, 2.45) is 22.7 Å². The van der Waals surface area contributed by atoms with Crippen LogP contribution in [0.1, 0.15) is 58.8 Å². The maximum absolute atomic E-state index is 10.4. The van der Waals surface area contributed by atoms with Crippen molar-refractivity contribution in [3.05, 3.63) is 23.8 Å². The van der Waals surface area contributed by atoms with Crippen molar-refractivity contribution in [3.63, 3.8) is 0 Å². The molecule has 0 aromatic rings. The molecule has 0 aromatic heterocycles. The van der Waals surface area contributed by atoms with Gasteiger partial charge in [-0.25, -0.2) is 0 Å². The van der Waals surface area contributed by atoms with Crippen LogP contribution in [-0.2, 0) is 9.47 Å². The highest BCUT2D eigenvalue weighted by molar-refractivity contribution is 5.17. The van der Waals surface area contributed by atoms with Crippen LogP contribution in [0, 0.1) is 22.7 Å². The van der Waals surface area contributed by atoms with Crippen LogP contribution < -0.4 is 0 Å². The lowest BCUT2D eigenvalue weighted by atomic mass is 9.47. The SMILES string of the molecule is C=C1CC[C@@H]2[C@](C)(CO[C@H]3O[C@@H](CO)[C@@H](O)[C@@H](O)[C@H]3O)CCC[C@]2(C)[C@H]1CC/C(=C\CO)CO. The Morgan fingerprint density at radius 1 is 1.12 bits per heavy atom. The van der Waals surface area contributed by atoms with Gasteiger partial charge in [-0.1, -0.05) is 38.5 Å². The third-order valence-electron chi connectivity index (χ3n) is 8.91. The quantitative estimate of drug-likeness (QED) is 0.269. The lowest BCUT2D eigenvalue weighted by Crippen LogP contribution is -2.60. The first-order chi connectivity index (χ1) is 16.1. The van der Waals surface area contributed by atoms with Gasteiger partial charge in [0.15, 0.2) is 6.29 Å². The summed E-state index contributed by atoms with van der Waals surface area (Å²) in [6.07, 6.45) is 1.94. The monoisotopic (exact) mass is 484 g/mol. The Balaban J connectivity index is 1.73. The summed E-state index contributed by atoms with van der Waals surface area (Å²) in [6.45, 7) is 8.69. The van der Waals surface area contributed by atoms with Gasteiger partial charge in [-0.2, -0.15) is 0 Å². The number of ether oxygens (including phenoxy) is 2. The molecule has 34 heavy (non-hydrogen) atoms. The van der Waals surface area contributed by atoms with Gasteiger partial charge >= 0.3 is 0 Å². The van der Waals surface area contributed by atoms with Crippen molar-refractivity contribution < 1.29 is 40.1 Å². The highest BCUT2D eigenvalue weighted by Crippen LogP contribution is 2.62. The zero-order chi connectivity index (χ0) is 25.1. The molecule has 0 aromatic carbocycles. The second-order valence-electron chi connectivity index (χ2n) is 11.1. The standard InChI is InChI=1S/C26H44O8/c1-16-5-8-20-25(2,15-33-24-23(32)22(31)21(30)19(14-29)34-24)10-4-11-26(20,3)18(16)7-6-17(13-28)9-12-27/h9,18-24,27-32H,1,4-8,10-15H2,2-3H3/b17-9+/t18-,19-,20+,21+,22+,23+,24-,25-,26+/m0/s1. The highest BCUT2D eigenvalue weighted by Gasteiger charge is 2.55. The van der Waals surface area contributed by atoms with Crippen LogP contribution in [0.15, 0.2) is 23.8 Å². The number of hydrogen-bond acceptors (Lipinski definition) is 8. The van der Waals surface area contributed by atoms with Crippen LogP contribution in [0.25, 0.3) is 0 Å². The van der Waals surface area contributed by atoms with E-state index in [1.165, 1.54) is 5.57 Å².